The maximum absolute atomic E-state index is 6.10. The third-order valence-corrected chi connectivity index (χ3v) is 5.25. The van der Waals surface area contributed by atoms with Crippen LogP contribution in [0.1, 0.15) is 12.8 Å². The lowest BCUT2D eigenvalue weighted by Crippen LogP contribution is -2.52. The largest absolute Gasteiger partial charge is 0.472 e. The summed E-state index contributed by atoms with van der Waals surface area (Å²) < 4.78 is 11.8. The van der Waals surface area contributed by atoms with E-state index in [1.54, 1.807) is 6.26 Å². The van der Waals surface area contributed by atoms with Crippen molar-refractivity contribution in [2.75, 3.05) is 19.6 Å². The standard InChI is InChI=1S/C19H19N3O2/c1-2-4-15-14(3-1)12-23-19(15)16-5-6-18(21-20-16)24-17-11-22-9-7-13(17)8-10-22/h1-6,12-13,17H,7-11H2/t17-/m0/s1. The average Bonchev–Trinajstić information content (AvgIpc) is 3.08. The SMILES string of the molecule is c1ccc2c(-c3ccc(O[C@H]4CN5CCC4CC5)nn3)occ2c1. The van der Waals surface area contributed by atoms with Crippen molar-refractivity contribution in [2.45, 2.75) is 18.9 Å². The number of fused-ring (bicyclic) bond motifs is 4. The predicted octanol–water partition coefficient (Wildman–Crippen LogP) is 3.36. The van der Waals surface area contributed by atoms with Gasteiger partial charge in [0.1, 0.15) is 11.8 Å². The number of ether oxygens (including phenoxy) is 1. The van der Waals surface area contributed by atoms with E-state index in [1.807, 2.05) is 36.4 Å². The molecule has 0 N–H and O–H groups in total. The summed E-state index contributed by atoms with van der Waals surface area (Å²) in [4.78, 5) is 2.47. The third-order valence-electron chi connectivity index (χ3n) is 5.25. The van der Waals surface area contributed by atoms with Crippen molar-refractivity contribution in [3.05, 3.63) is 42.7 Å². The van der Waals surface area contributed by atoms with Crippen molar-refractivity contribution in [1.29, 1.82) is 0 Å². The quantitative estimate of drug-likeness (QED) is 0.740. The molecule has 5 heterocycles. The molecule has 0 saturated carbocycles. The number of aromatic nitrogens is 2. The molecule has 3 aromatic rings. The van der Waals surface area contributed by atoms with Gasteiger partial charge in [-0.1, -0.05) is 24.3 Å². The maximum atomic E-state index is 6.10. The lowest BCUT2D eigenvalue weighted by Gasteiger charge is -2.44. The van der Waals surface area contributed by atoms with Crippen molar-refractivity contribution in [3.8, 4) is 17.3 Å². The normalized spacial score (nSPS) is 25.9. The number of hydrogen-bond acceptors (Lipinski definition) is 5. The van der Waals surface area contributed by atoms with Gasteiger partial charge in [-0.25, -0.2) is 0 Å². The van der Waals surface area contributed by atoms with Gasteiger partial charge >= 0.3 is 0 Å². The van der Waals surface area contributed by atoms with Gasteiger partial charge in [0, 0.05) is 23.4 Å². The summed E-state index contributed by atoms with van der Waals surface area (Å²) in [5, 5.41) is 10.7. The van der Waals surface area contributed by atoms with Gasteiger partial charge in [-0.3, -0.25) is 4.90 Å². The highest BCUT2D eigenvalue weighted by Crippen LogP contribution is 2.31. The Hall–Kier alpha value is -2.40. The number of piperidine rings is 3. The molecule has 5 heteroatoms. The molecule has 5 nitrogen and oxygen atoms in total. The minimum Gasteiger partial charge on any atom is -0.472 e. The van der Waals surface area contributed by atoms with Gasteiger partial charge in [-0.05, 0) is 37.9 Å². The molecule has 1 aromatic carbocycles. The second-order valence-electron chi connectivity index (χ2n) is 6.70. The second kappa shape index (κ2) is 5.60. The highest BCUT2D eigenvalue weighted by atomic mass is 16.5. The van der Waals surface area contributed by atoms with Gasteiger partial charge < -0.3 is 9.15 Å². The lowest BCUT2D eigenvalue weighted by atomic mass is 9.86. The first kappa shape index (κ1) is 14.0. The van der Waals surface area contributed by atoms with Crippen LogP contribution >= 0.6 is 0 Å². The van der Waals surface area contributed by atoms with E-state index in [4.69, 9.17) is 9.15 Å². The van der Waals surface area contributed by atoms with E-state index in [-0.39, 0.29) is 6.10 Å². The Labute approximate surface area is 140 Å². The van der Waals surface area contributed by atoms with Crippen molar-refractivity contribution >= 4 is 10.8 Å². The van der Waals surface area contributed by atoms with Gasteiger partial charge in [-0.15, -0.1) is 10.2 Å². The monoisotopic (exact) mass is 321 g/mol. The molecule has 3 fully saturated rings. The number of hydrogen-bond donors (Lipinski definition) is 0. The molecule has 24 heavy (non-hydrogen) atoms. The second-order valence-corrected chi connectivity index (χ2v) is 6.70. The third kappa shape index (κ3) is 2.36. The molecule has 0 amide bonds. The van der Waals surface area contributed by atoms with Gasteiger partial charge in [0.25, 0.3) is 0 Å². The van der Waals surface area contributed by atoms with Crippen LogP contribution in [0.4, 0.5) is 0 Å². The summed E-state index contributed by atoms with van der Waals surface area (Å²) >= 11 is 0. The molecule has 0 aliphatic carbocycles. The van der Waals surface area contributed by atoms with Crippen molar-refractivity contribution in [2.24, 2.45) is 5.92 Å². The molecule has 2 aromatic heterocycles. The lowest BCUT2D eigenvalue weighted by molar-refractivity contribution is -0.0103. The van der Waals surface area contributed by atoms with Crippen molar-refractivity contribution < 1.29 is 9.15 Å². The van der Waals surface area contributed by atoms with E-state index in [0.717, 1.165) is 28.8 Å². The zero-order valence-electron chi connectivity index (χ0n) is 13.4. The number of rotatable bonds is 3. The van der Waals surface area contributed by atoms with Crippen LogP contribution in [0, 0.1) is 5.92 Å². The van der Waals surface area contributed by atoms with Crippen LogP contribution in [0.5, 0.6) is 5.88 Å². The molecule has 3 saturated heterocycles. The highest BCUT2D eigenvalue weighted by molar-refractivity contribution is 5.93. The van der Waals surface area contributed by atoms with Crippen LogP contribution in [-0.2, 0) is 0 Å². The van der Waals surface area contributed by atoms with Gasteiger partial charge in [0.05, 0.1) is 6.26 Å². The molecule has 0 unspecified atom stereocenters. The van der Waals surface area contributed by atoms with E-state index in [0.29, 0.717) is 11.8 Å². The molecule has 1 atom stereocenters. The van der Waals surface area contributed by atoms with E-state index in [2.05, 4.69) is 15.1 Å². The molecule has 3 aliphatic rings. The Morgan fingerprint density at radius 3 is 2.67 bits per heavy atom. The molecule has 3 aliphatic heterocycles. The van der Waals surface area contributed by atoms with Crippen molar-refractivity contribution in [1.82, 2.24) is 15.1 Å². The summed E-state index contributed by atoms with van der Waals surface area (Å²) in [5.41, 5.74) is 0.734. The first-order chi connectivity index (χ1) is 11.9. The Bertz CT molecular complexity index is 850. The van der Waals surface area contributed by atoms with E-state index in [9.17, 15) is 0 Å². The minimum atomic E-state index is 0.247. The molecule has 122 valence electrons. The zero-order valence-corrected chi connectivity index (χ0v) is 13.4. The fourth-order valence-corrected chi connectivity index (χ4v) is 3.89. The fraction of sp³-hybridized carbons (Fsp3) is 0.368. The summed E-state index contributed by atoms with van der Waals surface area (Å²) in [5.74, 6) is 2.02. The smallest absolute Gasteiger partial charge is 0.233 e. The zero-order chi connectivity index (χ0) is 15.9. The van der Waals surface area contributed by atoms with E-state index >= 15 is 0 Å². The Kier molecular flexibility index (Phi) is 3.26. The fourth-order valence-electron chi connectivity index (χ4n) is 3.89. The average molecular weight is 321 g/mol. The topological polar surface area (TPSA) is 51.4 Å². The summed E-state index contributed by atoms with van der Waals surface area (Å²) in [6, 6.07) is 11.9. The van der Waals surface area contributed by atoms with Gasteiger partial charge in [0.15, 0.2) is 5.76 Å². The van der Waals surface area contributed by atoms with Crippen LogP contribution in [0.3, 0.4) is 0 Å². The molecule has 0 spiro atoms. The molecular weight excluding hydrogens is 302 g/mol. The molecular formula is C19H19N3O2. The van der Waals surface area contributed by atoms with Crippen LogP contribution < -0.4 is 4.74 Å². The number of nitrogens with zero attached hydrogens (tertiary/aromatic N) is 3. The Morgan fingerprint density at radius 1 is 1.04 bits per heavy atom. The van der Waals surface area contributed by atoms with Gasteiger partial charge in [0.2, 0.25) is 5.88 Å². The predicted molar refractivity (Wildman–Crippen MR) is 90.8 cm³/mol. The first-order valence-corrected chi connectivity index (χ1v) is 8.56. The number of furan rings is 1. The Balaban J connectivity index is 1.37. The molecule has 2 bridgehead atoms. The molecule has 0 radical (unpaired) electrons. The van der Waals surface area contributed by atoms with Crippen molar-refractivity contribution in [3.63, 3.8) is 0 Å². The first-order valence-electron chi connectivity index (χ1n) is 8.56. The van der Waals surface area contributed by atoms with Crippen LogP contribution in [-0.4, -0.2) is 40.8 Å². The maximum Gasteiger partial charge on any atom is 0.233 e. The van der Waals surface area contributed by atoms with E-state index < -0.39 is 0 Å². The minimum absolute atomic E-state index is 0.247. The van der Waals surface area contributed by atoms with E-state index in [1.165, 1.54) is 25.9 Å². The summed E-state index contributed by atoms with van der Waals surface area (Å²) in [6.45, 7) is 3.43. The van der Waals surface area contributed by atoms with Crippen LogP contribution in [0.2, 0.25) is 0 Å². The molecule has 6 rings (SSSR count). The van der Waals surface area contributed by atoms with Crippen LogP contribution in [0.25, 0.3) is 22.2 Å². The highest BCUT2D eigenvalue weighted by Gasteiger charge is 2.35. The summed E-state index contributed by atoms with van der Waals surface area (Å²) in [6.07, 6.45) is 4.46. The number of benzene rings is 1. The van der Waals surface area contributed by atoms with Gasteiger partial charge in [-0.2, -0.15) is 0 Å². The van der Waals surface area contributed by atoms with Crippen LogP contribution in [0.15, 0.2) is 47.1 Å². The Morgan fingerprint density at radius 2 is 1.92 bits per heavy atom. The summed E-state index contributed by atoms with van der Waals surface area (Å²) in [7, 11) is 0.